The van der Waals surface area contributed by atoms with Gasteiger partial charge in [0.2, 0.25) is 0 Å². The Morgan fingerprint density at radius 3 is 2.85 bits per heavy atom. The van der Waals surface area contributed by atoms with Gasteiger partial charge in [-0.2, -0.15) is 0 Å². The van der Waals surface area contributed by atoms with Gasteiger partial charge < -0.3 is 10.1 Å². The van der Waals surface area contributed by atoms with Crippen molar-refractivity contribution in [1.82, 2.24) is 25.5 Å². The molecule has 0 bridgehead atoms. The second kappa shape index (κ2) is 5.30. The third-order valence-electron chi connectivity index (χ3n) is 3.63. The summed E-state index contributed by atoms with van der Waals surface area (Å²) < 4.78 is 7.40. The number of aromatic nitrogens is 4. The number of nitrogens with zero attached hydrogens (tertiary/aromatic N) is 4. The first-order valence-electron chi connectivity index (χ1n) is 6.82. The molecule has 1 aromatic carbocycles. The maximum Gasteiger partial charge on any atom is 0.173 e. The van der Waals surface area contributed by atoms with Gasteiger partial charge in [-0.25, -0.2) is 4.68 Å². The Morgan fingerprint density at radius 2 is 2.15 bits per heavy atom. The highest BCUT2D eigenvalue weighted by Gasteiger charge is 2.34. The number of rotatable bonds is 3. The minimum atomic E-state index is -0.327. The van der Waals surface area contributed by atoms with Crippen LogP contribution in [-0.4, -0.2) is 40.0 Å². The number of nitrogens with one attached hydrogen (secondary N) is 1. The lowest BCUT2D eigenvalue weighted by Gasteiger charge is -2.33. The molecular weight excluding hydrogens is 254 g/mol. The van der Waals surface area contributed by atoms with Crippen molar-refractivity contribution in [3.63, 3.8) is 0 Å². The number of tetrazole rings is 1. The monoisotopic (exact) mass is 273 g/mol. The molecule has 2 aromatic rings. The Morgan fingerprint density at radius 1 is 1.35 bits per heavy atom. The third kappa shape index (κ3) is 2.57. The summed E-state index contributed by atoms with van der Waals surface area (Å²) in [7, 11) is 0. The molecule has 0 aliphatic carbocycles. The van der Waals surface area contributed by atoms with E-state index in [2.05, 4.69) is 59.0 Å². The molecule has 106 valence electrons. The molecule has 1 aromatic heterocycles. The van der Waals surface area contributed by atoms with Crippen molar-refractivity contribution in [3.05, 3.63) is 41.2 Å². The van der Waals surface area contributed by atoms with Crippen LogP contribution in [-0.2, 0) is 16.8 Å². The standard InChI is InChI=1S/C14H19N5O/c1-11-3-5-12(6-4-11)9-19-13(16-17-18-19)14(2)10-20-8-7-15-14/h3-6,15H,7-10H2,1-2H3/t14-/m0/s1. The fraction of sp³-hybridized carbons (Fsp3) is 0.500. The number of aryl methyl sites for hydroxylation is 1. The van der Waals surface area contributed by atoms with Crippen LogP contribution in [0.5, 0.6) is 0 Å². The molecule has 2 heterocycles. The molecule has 6 heteroatoms. The van der Waals surface area contributed by atoms with Crippen molar-refractivity contribution in [3.8, 4) is 0 Å². The molecule has 0 radical (unpaired) electrons. The number of hydrogen-bond acceptors (Lipinski definition) is 5. The molecule has 1 aliphatic rings. The zero-order valence-corrected chi connectivity index (χ0v) is 11.8. The summed E-state index contributed by atoms with van der Waals surface area (Å²) in [6, 6.07) is 8.41. The molecule has 1 saturated heterocycles. The molecular formula is C14H19N5O. The quantitative estimate of drug-likeness (QED) is 0.898. The fourth-order valence-corrected chi connectivity index (χ4v) is 2.44. The van der Waals surface area contributed by atoms with Gasteiger partial charge in [0, 0.05) is 6.54 Å². The van der Waals surface area contributed by atoms with Crippen LogP contribution in [0.4, 0.5) is 0 Å². The Balaban J connectivity index is 1.84. The van der Waals surface area contributed by atoms with Crippen LogP contribution in [0.2, 0.25) is 0 Å². The molecule has 0 spiro atoms. The van der Waals surface area contributed by atoms with Crippen LogP contribution in [0.25, 0.3) is 0 Å². The van der Waals surface area contributed by atoms with E-state index < -0.39 is 0 Å². The second-order valence-electron chi connectivity index (χ2n) is 5.46. The topological polar surface area (TPSA) is 64.9 Å². The molecule has 1 fully saturated rings. The molecule has 3 rings (SSSR count). The largest absolute Gasteiger partial charge is 0.378 e. The van der Waals surface area contributed by atoms with E-state index in [1.54, 1.807) is 0 Å². The lowest BCUT2D eigenvalue weighted by molar-refractivity contribution is 0.0280. The van der Waals surface area contributed by atoms with E-state index in [4.69, 9.17) is 4.74 Å². The number of benzene rings is 1. The van der Waals surface area contributed by atoms with E-state index in [9.17, 15) is 0 Å². The molecule has 0 unspecified atom stereocenters. The van der Waals surface area contributed by atoms with Crippen LogP contribution >= 0.6 is 0 Å². The van der Waals surface area contributed by atoms with Gasteiger partial charge in [0.15, 0.2) is 5.82 Å². The molecule has 1 aliphatic heterocycles. The van der Waals surface area contributed by atoms with Gasteiger partial charge in [0.1, 0.15) is 5.54 Å². The van der Waals surface area contributed by atoms with Crippen LogP contribution in [0.1, 0.15) is 23.9 Å². The van der Waals surface area contributed by atoms with E-state index >= 15 is 0 Å². The zero-order valence-electron chi connectivity index (χ0n) is 11.8. The first-order chi connectivity index (χ1) is 9.67. The Labute approximate surface area is 118 Å². The lowest BCUT2D eigenvalue weighted by atomic mass is 10.0. The average molecular weight is 273 g/mol. The summed E-state index contributed by atoms with van der Waals surface area (Å²) in [6.45, 7) is 6.95. The van der Waals surface area contributed by atoms with Crippen LogP contribution < -0.4 is 5.32 Å². The van der Waals surface area contributed by atoms with Crippen molar-refractivity contribution in [1.29, 1.82) is 0 Å². The minimum Gasteiger partial charge on any atom is -0.378 e. The van der Waals surface area contributed by atoms with Crippen LogP contribution in [0, 0.1) is 6.92 Å². The lowest BCUT2D eigenvalue weighted by Crippen LogP contribution is -2.51. The molecule has 1 atom stereocenters. The van der Waals surface area contributed by atoms with Gasteiger partial charge >= 0.3 is 0 Å². The average Bonchev–Trinajstić information content (AvgIpc) is 2.91. The van der Waals surface area contributed by atoms with Crippen molar-refractivity contribution in [2.45, 2.75) is 25.9 Å². The zero-order chi connectivity index (χ0) is 14.0. The van der Waals surface area contributed by atoms with Gasteiger partial charge in [0.05, 0.1) is 19.8 Å². The first kappa shape index (κ1) is 13.2. The van der Waals surface area contributed by atoms with Gasteiger partial charge in [-0.15, -0.1) is 5.10 Å². The molecule has 0 amide bonds. The smallest absolute Gasteiger partial charge is 0.173 e. The highest BCUT2D eigenvalue weighted by atomic mass is 16.5. The summed E-state index contributed by atoms with van der Waals surface area (Å²) in [4.78, 5) is 0. The Bertz CT molecular complexity index is 572. The Kier molecular flexibility index (Phi) is 3.50. The highest BCUT2D eigenvalue weighted by molar-refractivity contribution is 5.21. The van der Waals surface area contributed by atoms with Crippen molar-refractivity contribution >= 4 is 0 Å². The summed E-state index contributed by atoms with van der Waals surface area (Å²) in [5.74, 6) is 0.817. The fourth-order valence-electron chi connectivity index (χ4n) is 2.44. The van der Waals surface area contributed by atoms with Crippen molar-refractivity contribution in [2.75, 3.05) is 19.8 Å². The predicted octanol–water partition coefficient (Wildman–Crippen LogP) is 0.865. The van der Waals surface area contributed by atoms with Gasteiger partial charge in [0.25, 0.3) is 0 Å². The molecule has 1 N–H and O–H groups in total. The van der Waals surface area contributed by atoms with Crippen LogP contribution in [0.3, 0.4) is 0 Å². The van der Waals surface area contributed by atoms with E-state index in [-0.39, 0.29) is 5.54 Å². The third-order valence-corrected chi connectivity index (χ3v) is 3.63. The summed E-state index contributed by atoms with van der Waals surface area (Å²) in [5, 5.41) is 15.6. The second-order valence-corrected chi connectivity index (χ2v) is 5.46. The summed E-state index contributed by atoms with van der Waals surface area (Å²) in [5.41, 5.74) is 2.11. The summed E-state index contributed by atoms with van der Waals surface area (Å²) in [6.07, 6.45) is 0. The van der Waals surface area contributed by atoms with E-state index in [1.807, 2.05) is 4.68 Å². The molecule has 6 nitrogen and oxygen atoms in total. The van der Waals surface area contributed by atoms with E-state index in [0.717, 1.165) is 19.0 Å². The predicted molar refractivity (Wildman–Crippen MR) is 74.3 cm³/mol. The van der Waals surface area contributed by atoms with Crippen molar-refractivity contribution < 1.29 is 4.74 Å². The number of morpholine rings is 1. The minimum absolute atomic E-state index is 0.327. The normalized spacial score (nSPS) is 22.9. The molecule has 20 heavy (non-hydrogen) atoms. The maximum atomic E-state index is 5.56. The van der Waals surface area contributed by atoms with Crippen LogP contribution in [0.15, 0.2) is 24.3 Å². The summed E-state index contributed by atoms with van der Waals surface area (Å²) >= 11 is 0. The SMILES string of the molecule is Cc1ccc(Cn2nnnc2[C@]2(C)COCCN2)cc1. The highest BCUT2D eigenvalue weighted by Crippen LogP contribution is 2.21. The van der Waals surface area contributed by atoms with E-state index in [0.29, 0.717) is 13.2 Å². The van der Waals surface area contributed by atoms with Crippen molar-refractivity contribution in [2.24, 2.45) is 0 Å². The number of ether oxygens (including phenoxy) is 1. The first-order valence-corrected chi connectivity index (χ1v) is 6.82. The maximum absolute atomic E-state index is 5.56. The number of hydrogen-bond donors (Lipinski definition) is 1. The molecule has 0 saturated carbocycles. The van der Waals surface area contributed by atoms with Gasteiger partial charge in [-0.05, 0) is 29.8 Å². The van der Waals surface area contributed by atoms with E-state index in [1.165, 1.54) is 11.1 Å². The van der Waals surface area contributed by atoms with Gasteiger partial charge in [-0.1, -0.05) is 29.8 Å². The Hall–Kier alpha value is -1.79. The van der Waals surface area contributed by atoms with Gasteiger partial charge in [-0.3, -0.25) is 0 Å².